The first-order valence-electron chi connectivity index (χ1n) is 8.28. The predicted octanol–water partition coefficient (Wildman–Crippen LogP) is 3.73. The molecule has 1 aromatic heterocycles. The van der Waals surface area contributed by atoms with Crippen LogP contribution < -0.4 is 4.90 Å². The van der Waals surface area contributed by atoms with E-state index in [4.69, 9.17) is 4.42 Å². The highest BCUT2D eigenvalue weighted by Gasteiger charge is 2.40. The van der Waals surface area contributed by atoms with E-state index >= 15 is 0 Å². The largest absolute Gasteiger partial charge is 0.468 e. The zero-order valence-corrected chi connectivity index (χ0v) is 14.7. The van der Waals surface area contributed by atoms with Gasteiger partial charge >= 0.3 is 0 Å². The molecule has 2 heterocycles. The van der Waals surface area contributed by atoms with E-state index in [0.717, 1.165) is 5.56 Å². The normalized spacial score (nSPS) is 19.0. The Hall–Kier alpha value is -2.86. The Balaban J connectivity index is 1.85. The minimum absolute atomic E-state index is 0.155. The highest BCUT2D eigenvalue weighted by Crippen LogP contribution is 2.41. The maximum Gasteiger partial charge on any atom is 0.229 e. The highest BCUT2D eigenvalue weighted by atomic mass is 32.2. The third-order valence-electron chi connectivity index (χ3n) is 4.54. The van der Waals surface area contributed by atoms with Gasteiger partial charge in [0, 0.05) is 0 Å². The average Bonchev–Trinajstić information content (AvgIpc) is 3.16. The number of fused-ring (bicyclic) bond motifs is 1. The molecule has 4 rings (SSSR count). The van der Waals surface area contributed by atoms with Crippen molar-refractivity contribution >= 4 is 21.4 Å². The third kappa shape index (κ3) is 2.82. The van der Waals surface area contributed by atoms with E-state index in [1.54, 1.807) is 41.3 Å². The van der Waals surface area contributed by atoms with Gasteiger partial charge in [-0.05, 0) is 29.8 Å². The van der Waals surface area contributed by atoms with E-state index in [1.165, 1.54) is 6.26 Å². The van der Waals surface area contributed by atoms with Crippen molar-refractivity contribution in [3.63, 3.8) is 0 Å². The predicted molar refractivity (Wildman–Crippen MR) is 97.3 cm³/mol. The average molecular weight is 367 g/mol. The molecule has 1 atom stereocenters. The molecule has 2 aromatic carbocycles. The van der Waals surface area contributed by atoms with Gasteiger partial charge in [0.05, 0.1) is 29.8 Å². The summed E-state index contributed by atoms with van der Waals surface area (Å²) in [7, 11) is -3.76. The summed E-state index contributed by atoms with van der Waals surface area (Å²) < 4.78 is 31.8. The van der Waals surface area contributed by atoms with Crippen LogP contribution in [0.4, 0.5) is 5.69 Å². The maximum absolute atomic E-state index is 13.2. The fourth-order valence-electron chi connectivity index (χ4n) is 3.25. The molecule has 0 spiro atoms. The number of sulfone groups is 1. The summed E-state index contributed by atoms with van der Waals surface area (Å²) in [6, 6.07) is 19.4. The van der Waals surface area contributed by atoms with E-state index in [9.17, 15) is 13.2 Å². The lowest BCUT2D eigenvalue weighted by atomic mass is 10.1. The van der Waals surface area contributed by atoms with E-state index in [2.05, 4.69) is 0 Å². The van der Waals surface area contributed by atoms with Crippen LogP contribution in [-0.2, 0) is 21.2 Å². The van der Waals surface area contributed by atoms with Crippen molar-refractivity contribution in [2.45, 2.75) is 23.1 Å². The Morgan fingerprint density at radius 3 is 2.42 bits per heavy atom. The second-order valence-electron chi connectivity index (χ2n) is 6.19. The summed E-state index contributed by atoms with van der Waals surface area (Å²) in [5.41, 5.74) is 1.35. The Morgan fingerprint density at radius 2 is 1.69 bits per heavy atom. The first kappa shape index (κ1) is 16.6. The van der Waals surface area contributed by atoms with Crippen LogP contribution in [0.25, 0.3) is 0 Å². The molecule has 0 aliphatic carbocycles. The number of hydrogen-bond donors (Lipinski definition) is 0. The van der Waals surface area contributed by atoms with Crippen molar-refractivity contribution in [1.29, 1.82) is 0 Å². The zero-order valence-electron chi connectivity index (χ0n) is 13.9. The van der Waals surface area contributed by atoms with Crippen molar-refractivity contribution in [3.05, 3.63) is 84.3 Å². The van der Waals surface area contributed by atoms with Crippen LogP contribution in [0.2, 0.25) is 0 Å². The maximum atomic E-state index is 13.2. The number of carbonyl (C=O) groups excluding carboxylic acids is 1. The fourth-order valence-corrected chi connectivity index (χ4v) is 5.10. The van der Waals surface area contributed by atoms with Gasteiger partial charge in [0.25, 0.3) is 0 Å². The standard InChI is InChI=1S/C20H17NO4S/c22-20-13-19(17-10-6-12-25-17)26(23,24)18-11-5-4-9-16(18)21(20)14-15-7-2-1-3-8-15/h1-12,19H,13-14H2. The molecular weight excluding hydrogens is 350 g/mol. The monoisotopic (exact) mass is 367 g/mol. The summed E-state index contributed by atoms with van der Waals surface area (Å²) in [6.45, 7) is 0.317. The van der Waals surface area contributed by atoms with Gasteiger partial charge in [0.15, 0.2) is 9.84 Å². The van der Waals surface area contributed by atoms with E-state index < -0.39 is 15.1 Å². The number of hydrogen-bond acceptors (Lipinski definition) is 4. The van der Waals surface area contributed by atoms with Crippen LogP contribution in [0.5, 0.6) is 0 Å². The van der Waals surface area contributed by atoms with Gasteiger partial charge in [0.2, 0.25) is 5.91 Å². The molecule has 6 heteroatoms. The van der Waals surface area contributed by atoms with Crippen LogP contribution in [0.1, 0.15) is 23.0 Å². The number of nitrogens with zero attached hydrogens (tertiary/aromatic N) is 1. The molecule has 1 unspecified atom stereocenters. The van der Waals surface area contributed by atoms with Gasteiger partial charge in [-0.1, -0.05) is 42.5 Å². The highest BCUT2D eigenvalue weighted by molar-refractivity contribution is 7.91. The van der Waals surface area contributed by atoms with Crippen molar-refractivity contribution in [2.75, 3.05) is 4.90 Å². The molecule has 0 N–H and O–H groups in total. The zero-order chi connectivity index (χ0) is 18.1. The SMILES string of the molecule is O=C1CC(c2ccco2)S(=O)(=O)c2ccccc2N1Cc1ccccc1. The molecule has 1 amide bonds. The minimum atomic E-state index is -3.76. The van der Waals surface area contributed by atoms with E-state index in [0.29, 0.717) is 12.2 Å². The van der Waals surface area contributed by atoms with E-state index in [-0.39, 0.29) is 23.0 Å². The van der Waals surface area contributed by atoms with Gasteiger partial charge in [-0.15, -0.1) is 0 Å². The Bertz CT molecular complexity index is 1030. The van der Waals surface area contributed by atoms with Gasteiger partial charge in [-0.25, -0.2) is 8.42 Å². The quantitative estimate of drug-likeness (QED) is 0.707. The van der Waals surface area contributed by atoms with Crippen molar-refractivity contribution < 1.29 is 17.6 Å². The number of para-hydroxylation sites is 1. The molecule has 132 valence electrons. The summed E-state index contributed by atoms with van der Waals surface area (Å²) >= 11 is 0. The van der Waals surface area contributed by atoms with E-state index in [1.807, 2.05) is 30.3 Å². The molecule has 0 fully saturated rings. The molecule has 0 radical (unpaired) electrons. The summed E-state index contributed by atoms with van der Waals surface area (Å²) in [5.74, 6) is 0.0403. The molecular formula is C20H17NO4S. The second kappa shape index (κ2) is 6.46. The molecule has 3 aromatic rings. The Labute approximate surface area is 151 Å². The minimum Gasteiger partial charge on any atom is -0.468 e. The number of furan rings is 1. The van der Waals surface area contributed by atoms with Crippen LogP contribution >= 0.6 is 0 Å². The third-order valence-corrected chi connectivity index (χ3v) is 6.65. The van der Waals surface area contributed by atoms with Gasteiger partial charge < -0.3 is 9.32 Å². The summed E-state index contributed by atoms with van der Waals surface area (Å²) in [4.78, 5) is 14.7. The van der Waals surface area contributed by atoms with Gasteiger partial charge in [0.1, 0.15) is 11.0 Å². The van der Waals surface area contributed by atoms with Crippen molar-refractivity contribution in [2.24, 2.45) is 0 Å². The van der Waals surface area contributed by atoms with Crippen LogP contribution in [0.3, 0.4) is 0 Å². The lowest BCUT2D eigenvalue weighted by Gasteiger charge is -2.22. The van der Waals surface area contributed by atoms with Crippen LogP contribution in [0, 0.1) is 0 Å². The molecule has 0 bridgehead atoms. The first-order chi connectivity index (χ1) is 12.6. The Morgan fingerprint density at radius 1 is 0.962 bits per heavy atom. The van der Waals surface area contributed by atoms with Crippen molar-refractivity contribution in [1.82, 2.24) is 0 Å². The number of benzene rings is 2. The summed E-state index contributed by atoms with van der Waals surface area (Å²) in [5, 5.41) is -1.02. The number of carbonyl (C=O) groups is 1. The lowest BCUT2D eigenvalue weighted by molar-refractivity contribution is -0.118. The van der Waals surface area contributed by atoms with Crippen LogP contribution in [0.15, 0.2) is 82.3 Å². The smallest absolute Gasteiger partial charge is 0.229 e. The number of anilines is 1. The first-order valence-corrected chi connectivity index (χ1v) is 9.82. The van der Waals surface area contributed by atoms with Crippen molar-refractivity contribution in [3.8, 4) is 0 Å². The lowest BCUT2D eigenvalue weighted by Crippen LogP contribution is -2.30. The molecule has 1 aliphatic heterocycles. The number of amides is 1. The van der Waals surface area contributed by atoms with Gasteiger partial charge in [-0.2, -0.15) is 0 Å². The Kier molecular flexibility index (Phi) is 4.12. The molecule has 0 saturated carbocycles. The molecule has 26 heavy (non-hydrogen) atoms. The topological polar surface area (TPSA) is 67.6 Å². The summed E-state index contributed by atoms with van der Waals surface area (Å²) in [6.07, 6.45) is 1.27. The van der Waals surface area contributed by atoms with Crippen LogP contribution in [-0.4, -0.2) is 14.3 Å². The molecule has 0 saturated heterocycles. The van der Waals surface area contributed by atoms with Gasteiger partial charge in [-0.3, -0.25) is 4.79 Å². The molecule has 5 nitrogen and oxygen atoms in total. The molecule has 1 aliphatic rings. The second-order valence-corrected chi connectivity index (χ2v) is 8.29. The fraction of sp³-hybridized carbons (Fsp3) is 0.150. The number of rotatable bonds is 3.